The first kappa shape index (κ1) is 26.6. The number of hydrogen-bond acceptors (Lipinski definition) is 6. The lowest BCUT2D eigenvalue weighted by atomic mass is 9.80. The Hall–Kier alpha value is -2.65. The second-order valence-corrected chi connectivity index (χ2v) is 9.70. The van der Waals surface area contributed by atoms with E-state index in [2.05, 4.69) is 17.5 Å². The Kier molecular flexibility index (Phi) is 8.48. The lowest BCUT2D eigenvalue weighted by Crippen LogP contribution is -2.53. The van der Waals surface area contributed by atoms with Gasteiger partial charge >= 0.3 is 12.1 Å². The number of aliphatic carboxylic acids is 1. The summed E-state index contributed by atoms with van der Waals surface area (Å²) in [6.45, 7) is 5.66. The molecule has 1 aromatic heterocycles. The molecule has 182 valence electrons. The van der Waals surface area contributed by atoms with Gasteiger partial charge < -0.3 is 20.6 Å². The van der Waals surface area contributed by atoms with Crippen molar-refractivity contribution in [1.29, 1.82) is 5.26 Å². The Balaban J connectivity index is 0.000000479. The molecule has 1 saturated heterocycles. The van der Waals surface area contributed by atoms with E-state index in [1.807, 2.05) is 18.7 Å². The molecule has 33 heavy (non-hydrogen) atoms. The topological polar surface area (TPSA) is 128 Å². The van der Waals surface area contributed by atoms with Gasteiger partial charge in [-0.05, 0) is 41.7 Å². The number of halogens is 3. The summed E-state index contributed by atoms with van der Waals surface area (Å²) >= 11 is 1.69. The average Bonchev–Trinajstić information content (AvgIpc) is 3.40. The molecule has 0 unspecified atom stereocenters. The summed E-state index contributed by atoms with van der Waals surface area (Å²) in [4.78, 5) is 39.2. The van der Waals surface area contributed by atoms with Crippen molar-refractivity contribution in [3.8, 4) is 6.07 Å². The number of carbonyl (C=O) groups is 3. The molecule has 8 nitrogen and oxygen atoms in total. The van der Waals surface area contributed by atoms with Gasteiger partial charge in [-0.3, -0.25) is 9.59 Å². The number of likely N-dealkylation sites (tertiary alicyclic amines) is 1. The Morgan fingerprint density at radius 1 is 1.33 bits per heavy atom. The fourth-order valence-corrected chi connectivity index (χ4v) is 4.69. The third kappa shape index (κ3) is 6.68. The molecule has 2 aliphatic rings. The summed E-state index contributed by atoms with van der Waals surface area (Å²) in [5, 5.41) is 18.4. The van der Waals surface area contributed by atoms with Crippen LogP contribution in [0, 0.1) is 16.7 Å². The number of hydrogen-bond donors (Lipinski definition) is 2. The van der Waals surface area contributed by atoms with E-state index in [1.54, 1.807) is 16.2 Å². The van der Waals surface area contributed by atoms with Crippen molar-refractivity contribution in [3.63, 3.8) is 0 Å². The zero-order valence-electron chi connectivity index (χ0n) is 18.4. The van der Waals surface area contributed by atoms with Crippen LogP contribution in [-0.2, 0) is 27.3 Å². The number of carbonyl (C=O) groups excluding carboxylic acids is 2. The first-order valence-electron chi connectivity index (χ1n) is 10.4. The molecule has 3 heterocycles. The van der Waals surface area contributed by atoms with E-state index in [9.17, 15) is 28.0 Å². The standard InChI is InChI=1S/C19H26N4O2S.C2HF3O2/c1-19(2,17(21)18(25)23-7-3-4-14(23)11-20)10-16(24)22-8-5-13-6-9-26-15(13)12-22;3-2(4,5)1(6)7/h6,9,14,17H,3-5,7-8,10,12,21H2,1-2H3;(H,6,7)/t14-,17+;/m0./s1. The number of nitrogens with zero attached hydrogens (tertiary/aromatic N) is 3. The van der Waals surface area contributed by atoms with Gasteiger partial charge in [-0.2, -0.15) is 18.4 Å². The molecule has 3 rings (SSSR count). The van der Waals surface area contributed by atoms with Gasteiger partial charge in [-0.25, -0.2) is 4.79 Å². The maximum absolute atomic E-state index is 12.8. The summed E-state index contributed by atoms with van der Waals surface area (Å²) in [5.41, 5.74) is 6.94. The van der Waals surface area contributed by atoms with Crippen LogP contribution in [0.5, 0.6) is 0 Å². The molecule has 12 heteroatoms. The highest BCUT2D eigenvalue weighted by Gasteiger charge is 2.41. The monoisotopic (exact) mass is 488 g/mol. The molecule has 2 aliphatic heterocycles. The van der Waals surface area contributed by atoms with Crippen molar-refractivity contribution in [2.75, 3.05) is 13.1 Å². The first-order chi connectivity index (χ1) is 15.3. The molecule has 2 amide bonds. The highest BCUT2D eigenvalue weighted by atomic mass is 32.1. The van der Waals surface area contributed by atoms with Crippen LogP contribution in [0.15, 0.2) is 11.4 Å². The molecule has 0 saturated carbocycles. The normalized spacial score (nSPS) is 19.1. The number of carboxylic acids is 1. The minimum absolute atomic E-state index is 0.0376. The Morgan fingerprint density at radius 2 is 1.97 bits per heavy atom. The van der Waals surface area contributed by atoms with Gasteiger partial charge in [0.05, 0.1) is 18.7 Å². The molecule has 0 aliphatic carbocycles. The van der Waals surface area contributed by atoms with Gasteiger partial charge in [0.1, 0.15) is 6.04 Å². The van der Waals surface area contributed by atoms with Crippen LogP contribution < -0.4 is 5.73 Å². The molecule has 1 aromatic rings. The fourth-order valence-electron chi connectivity index (χ4n) is 3.74. The molecule has 0 radical (unpaired) electrons. The van der Waals surface area contributed by atoms with Crippen LogP contribution in [0.4, 0.5) is 13.2 Å². The number of carboxylic acid groups (broad SMARTS) is 1. The van der Waals surface area contributed by atoms with E-state index in [0.29, 0.717) is 26.1 Å². The molecule has 3 N–H and O–H groups in total. The van der Waals surface area contributed by atoms with Crippen molar-refractivity contribution in [1.82, 2.24) is 9.80 Å². The molecular formula is C21H27F3N4O4S. The van der Waals surface area contributed by atoms with Crippen molar-refractivity contribution < 1.29 is 32.7 Å². The first-order valence-corrected chi connectivity index (χ1v) is 11.2. The largest absolute Gasteiger partial charge is 0.490 e. The van der Waals surface area contributed by atoms with Crippen molar-refractivity contribution >= 4 is 29.1 Å². The number of nitrogens with two attached hydrogens (primary N) is 1. The Morgan fingerprint density at radius 3 is 2.55 bits per heavy atom. The van der Waals surface area contributed by atoms with Gasteiger partial charge in [0, 0.05) is 24.4 Å². The maximum Gasteiger partial charge on any atom is 0.490 e. The van der Waals surface area contributed by atoms with Gasteiger partial charge in [0.25, 0.3) is 0 Å². The molecular weight excluding hydrogens is 461 g/mol. The van der Waals surface area contributed by atoms with E-state index >= 15 is 0 Å². The molecule has 2 atom stereocenters. The third-order valence-corrected chi connectivity index (χ3v) is 6.77. The zero-order chi connectivity index (χ0) is 25.0. The number of amides is 2. The summed E-state index contributed by atoms with van der Waals surface area (Å²) in [6.07, 6.45) is -2.45. The third-order valence-electron chi connectivity index (χ3n) is 5.82. The van der Waals surface area contributed by atoms with E-state index in [0.717, 1.165) is 12.8 Å². The zero-order valence-corrected chi connectivity index (χ0v) is 19.2. The predicted molar refractivity (Wildman–Crippen MR) is 114 cm³/mol. The SMILES string of the molecule is CC(C)(CC(=O)N1CCc2ccsc2C1)[C@H](N)C(=O)N1CCC[C@H]1C#N.O=C(O)C(F)(F)F. The fraction of sp³-hybridized carbons (Fsp3) is 0.619. The van der Waals surface area contributed by atoms with Crippen LogP contribution in [0.2, 0.25) is 0 Å². The maximum atomic E-state index is 12.8. The summed E-state index contributed by atoms with van der Waals surface area (Å²) < 4.78 is 31.7. The molecule has 1 fully saturated rings. The van der Waals surface area contributed by atoms with Crippen molar-refractivity contribution in [2.24, 2.45) is 11.1 Å². The molecule has 0 bridgehead atoms. The lowest BCUT2D eigenvalue weighted by Gasteiger charge is -2.36. The second-order valence-electron chi connectivity index (χ2n) is 8.70. The van der Waals surface area contributed by atoms with Crippen LogP contribution in [0.3, 0.4) is 0 Å². The van der Waals surface area contributed by atoms with E-state index in [1.165, 1.54) is 10.4 Å². The van der Waals surface area contributed by atoms with Crippen LogP contribution in [-0.4, -0.2) is 64.0 Å². The number of nitriles is 1. The van der Waals surface area contributed by atoms with Crippen LogP contribution >= 0.6 is 11.3 Å². The number of alkyl halides is 3. The highest BCUT2D eigenvalue weighted by Crippen LogP contribution is 2.31. The van der Waals surface area contributed by atoms with Crippen LogP contribution in [0.25, 0.3) is 0 Å². The Labute approximate surface area is 193 Å². The molecule has 0 spiro atoms. The minimum Gasteiger partial charge on any atom is -0.475 e. The Bertz CT molecular complexity index is 925. The van der Waals surface area contributed by atoms with Crippen molar-refractivity contribution in [2.45, 2.75) is 64.3 Å². The van der Waals surface area contributed by atoms with Gasteiger partial charge in [-0.1, -0.05) is 13.8 Å². The van der Waals surface area contributed by atoms with E-state index < -0.39 is 23.6 Å². The van der Waals surface area contributed by atoms with Gasteiger partial charge in [-0.15, -0.1) is 11.3 Å². The van der Waals surface area contributed by atoms with Gasteiger partial charge in [0.2, 0.25) is 11.8 Å². The average molecular weight is 489 g/mol. The minimum atomic E-state index is -5.08. The second kappa shape index (κ2) is 10.5. The van der Waals surface area contributed by atoms with Gasteiger partial charge in [0.15, 0.2) is 0 Å². The van der Waals surface area contributed by atoms with E-state index in [-0.39, 0.29) is 24.3 Å². The van der Waals surface area contributed by atoms with E-state index in [4.69, 9.17) is 15.6 Å². The number of thiophene rings is 1. The quantitative estimate of drug-likeness (QED) is 0.670. The highest BCUT2D eigenvalue weighted by molar-refractivity contribution is 7.10. The van der Waals surface area contributed by atoms with Crippen LogP contribution in [0.1, 0.15) is 43.6 Å². The summed E-state index contributed by atoms with van der Waals surface area (Å²) in [6, 6.07) is 3.12. The smallest absolute Gasteiger partial charge is 0.475 e. The lowest BCUT2D eigenvalue weighted by molar-refractivity contribution is -0.192. The summed E-state index contributed by atoms with van der Waals surface area (Å²) in [5.74, 6) is -2.94. The number of rotatable bonds is 4. The predicted octanol–water partition coefficient (Wildman–Crippen LogP) is 2.52. The summed E-state index contributed by atoms with van der Waals surface area (Å²) in [7, 11) is 0. The van der Waals surface area contributed by atoms with Crippen molar-refractivity contribution in [3.05, 3.63) is 21.9 Å². The number of fused-ring (bicyclic) bond motifs is 1. The molecule has 0 aromatic carbocycles.